The van der Waals surface area contributed by atoms with Gasteiger partial charge in [-0.15, -0.1) is 0 Å². The van der Waals surface area contributed by atoms with Crippen LogP contribution in [0.2, 0.25) is 5.02 Å². The zero-order valence-electron chi connectivity index (χ0n) is 11.8. The quantitative estimate of drug-likeness (QED) is 0.748. The summed E-state index contributed by atoms with van der Waals surface area (Å²) in [5.41, 5.74) is -2.14. The second kappa shape index (κ2) is 6.58. The van der Waals surface area contributed by atoms with E-state index in [1.807, 2.05) is 0 Å². The van der Waals surface area contributed by atoms with E-state index < -0.39 is 25.7 Å². The monoisotopic (exact) mass is 375 g/mol. The highest BCUT2D eigenvalue weighted by Crippen LogP contribution is 2.33. The van der Waals surface area contributed by atoms with E-state index in [0.717, 1.165) is 0 Å². The fourth-order valence-corrected chi connectivity index (χ4v) is 4.58. The summed E-state index contributed by atoms with van der Waals surface area (Å²) in [7, 11) is -9.61. The minimum atomic E-state index is -5.13. The van der Waals surface area contributed by atoms with Crippen molar-refractivity contribution in [2.75, 3.05) is 0 Å². The lowest BCUT2D eigenvalue weighted by Crippen LogP contribution is -2.20. The summed E-state index contributed by atoms with van der Waals surface area (Å²) in [6.45, 7) is 1.52. The number of halogens is 1. The molecule has 0 spiro atoms. The van der Waals surface area contributed by atoms with Crippen LogP contribution in [0.3, 0.4) is 0 Å². The summed E-state index contributed by atoms with van der Waals surface area (Å²) in [4.78, 5) is -0.222. The molecule has 0 heterocycles. The Balaban J connectivity index is 2.52. The van der Waals surface area contributed by atoms with Crippen molar-refractivity contribution in [1.29, 1.82) is 0 Å². The molecule has 1 unspecified atom stereocenters. The molecule has 0 saturated carbocycles. The summed E-state index contributed by atoms with van der Waals surface area (Å²) in [6, 6.07) is 11.3. The molecule has 0 aliphatic carbocycles. The highest BCUT2D eigenvalue weighted by molar-refractivity contribution is 7.89. The Hall–Kier alpha value is -1.45. The van der Waals surface area contributed by atoms with E-state index in [1.54, 1.807) is 6.07 Å². The maximum absolute atomic E-state index is 12.3. The molecule has 0 aromatic heterocycles. The van der Waals surface area contributed by atoms with Gasteiger partial charge < -0.3 is 0 Å². The number of hydrogen-bond donors (Lipinski definition) is 0. The third-order valence-corrected chi connectivity index (χ3v) is 5.78. The molecule has 0 aliphatic heterocycles. The van der Waals surface area contributed by atoms with Crippen LogP contribution in [-0.2, 0) is 29.0 Å². The van der Waals surface area contributed by atoms with Gasteiger partial charge in [0.1, 0.15) is 0 Å². The molecule has 123 valence electrons. The number of aryl methyl sites for hydroxylation is 1. The molecule has 0 bridgehead atoms. The molecule has 2 aromatic carbocycles. The third-order valence-electron chi connectivity index (χ3n) is 3.00. The molecule has 1 atom stereocenters. The Labute approximate surface area is 139 Å². The molecular formula is C14H12ClO6S2. The van der Waals surface area contributed by atoms with E-state index in [2.05, 4.69) is 0 Å². The van der Waals surface area contributed by atoms with Gasteiger partial charge in [0.15, 0.2) is 0 Å². The maximum Gasteiger partial charge on any atom is 0.327 e. The van der Waals surface area contributed by atoms with Crippen molar-refractivity contribution in [2.24, 2.45) is 0 Å². The zero-order chi connectivity index (χ0) is 17.3. The molecule has 0 fully saturated rings. The molecule has 0 aliphatic rings. The second-order valence-corrected chi connectivity index (χ2v) is 8.02. The van der Waals surface area contributed by atoms with E-state index in [0.29, 0.717) is 5.56 Å². The van der Waals surface area contributed by atoms with Crippen LogP contribution in [-0.4, -0.2) is 16.8 Å². The first-order chi connectivity index (χ1) is 10.6. The molecule has 1 radical (unpaired) electrons. The predicted molar refractivity (Wildman–Crippen MR) is 83.2 cm³/mol. The van der Waals surface area contributed by atoms with Gasteiger partial charge in [-0.1, -0.05) is 52.6 Å². The molecule has 0 N–H and O–H groups in total. The van der Waals surface area contributed by atoms with Gasteiger partial charge >= 0.3 is 10.1 Å². The first kappa shape index (κ1) is 17.9. The average molecular weight is 376 g/mol. The van der Waals surface area contributed by atoms with Gasteiger partial charge in [-0.3, -0.25) is 0 Å². The Morgan fingerprint density at radius 1 is 0.957 bits per heavy atom. The van der Waals surface area contributed by atoms with Crippen molar-refractivity contribution in [1.82, 2.24) is 0 Å². The van der Waals surface area contributed by atoms with Crippen molar-refractivity contribution in [3.8, 4) is 0 Å². The lowest BCUT2D eigenvalue weighted by Gasteiger charge is -2.16. The van der Waals surface area contributed by atoms with Crippen LogP contribution in [0.15, 0.2) is 53.4 Å². The van der Waals surface area contributed by atoms with Gasteiger partial charge in [0.2, 0.25) is 5.44 Å². The SMILES string of the molecule is Cc1ccccc1S(=O)(=O)OC(c1ccccc1Cl)S([O])(=O)=O. The van der Waals surface area contributed by atoms with Gasteiger partial charge in [0, 0.05) is 10.6 Å². The van der Waals surface area contributed by atoms with Crippen LogP contribution in [0.1, 0.15) is 16.6 Å². The van der Waals surface area contributed by atoms with Gasteiger partial charge in [0.25, 0.3) is 10.1 Å². The molecule has 6 nitrogen and oxygen atoms in total. The molecule has 2 rings (SSSR count). The Bertz CT molecular complexity index is 922. The van der Waals surface area contributed by atoms with Crippen LogP contribution in [0.4, 0.5) is 0 Å². The van der Waals surface area contributed by atoms with Crippen molar-refractivity contribution < 1.29 is 25.6 Å². The van der Waals surface area contributed by atoms with E-state index >= 15 is 0 Å². The van der Waals surface area contributed by atoms with Crippen LogP contribution < -0.4 is 0 Å². The number of hydrogen-bond acceptors (Lipinski definition) is 5. The molecular weight excluding hydrogens is 364 g/mol. The topological polar surface area (TPSA) is 97.4 Å². The van der Waals surface area contributed by atoms with Crippen molar-refractivity contribution in [3.63, 3.8) is 0 Å². The first-order valence-electron chi connectivity index (χ1n) is 6.31. The van der Waals surface area contributed by atoms with Crippen LogP contribution in [0.5, 0.6) is 0 Å². The van der Waals surface area contributed by atoms with Crippen molar-refractivity contribution in [2.45, 2.75) is 17.3 Å². The Morgan fingerprint density at radius 2 is 1.52 bits per heavy atom. The van der Waals surface area contributed by atoms with E-state index in [-0.39, 0.29) is 15.5 Å². The van der Waals surface area contributed by atoms with Crippen LogP contribution in [0, 0.1) is 6.92 Å². The zero-order valence-corrected chi connectivity index (χ0v) is 14.2. The molecule has 2 aromatic rings. The molecule has 0 saturated heterocycles. The Morgan fingerprint density at radius 3 is 2.09 bits per heavy atom. The fraction of sp³-hybridized carbons (Fsp3) is 0.143. The third kappa shape index (κ3) is 4.10. The number of rotatable bonds is 5. The Kier molecular flexibility index (Phi) is 5.12. The minimum Gasteiger partial charge on any atom is -0.239 e. The van der Waals surface area contributed by atoms with Gasteiger partial charge in [-0.25, -0.2) is 4.18 Å². The van der Waals surface area contributed by atoms with Crippen molar-refractivity contribution in [3.05, 3.63) is 64.7 Å². The summed E-state index contributed by atoms with van der Waals surface area (Å²) >= 11 is 5.85. The minimum absolute atomic E-state index is 0.0862. The largest absolute Gasteiger partial charge is 0.327 e. The lowest BCUT2D eigenvalue weighted by atomic mass is 10.2. The summed E-state index contributed by atoms with van der Waals surface area (Å²) in [5.74, 6) is 0. The summed E-state index contributed by atoms with van der Waals surface area (Å²) < 4.78 is 63.8. The van der Waals surface area contributed by atoms with E-state index in [4.69, 9.17) is 15.8 Å². The van der Waals surface area contributed by atoms with Crippen molar-refractivity contribution >= 4 is 31.8 Å². The lowest BCUT2D eigenvalue weighted by molar-refractivity contribution is 0.255. The van der Waals surface area contributed by atoms with Crippen LogP contribution >= 0.6 is 11.6 Å². The highest BCUT2D eigenvalue weighted by atomic mass is 35.5. The number of benzene rings is 2. The van der Waals surface area contributed by atoms with Gasteiger partial charge in [0.05, 0.1) is 4.90 Å². The van der Waals surface area contributed by atoms with E-state index in [9.17, 15) is 21.4 Å². The summed E-state index contributed by atoms with van der Waals surface area (Å²) in [6.07, 6.45) is 0. The second-order valence-electron chi connectivity index (χ2n) is 4.66. The fourth-order valence-electron chi connectivity index (χ4n) is 1.93. The van der Waals surface area contributed by atoms with Gasteiger partial charge in [-0.05, 0) is 24.6 Å². The highest BCUT2D eigenvalue weighted by Gasteiger charge is 2.35. The average Bonchev–Trinajstić information content (AvgIpc) is 2.45. The van der Waals surface area contributed by atoms with Crippen LogP contribution in [0.25, 0.3) is 0 Å². The molecule has 9 heteroatoms. The molecule has 0 amide bonds. The standard InChI is InChI=1S/C14H12ClO6S2/c1-10-6-2-5-9-13(10)23(19,20)21-14(22(16,17)18)11-7-3-4-8-12(11)15/h2-9,14H,1H3. The van der Waals surface area contributed by atoms with E-state index in [1.165, 1.54) is 49.4 Å². The molecule has 23 heavy (non-hydrogen) atoms. The van der Waals surface area contributed by atoms with Gasteiger partial charge in [-0.2, -0.15) is 16.8 Å². The predicted octanol–water partition coefficient (Wildman–Crippen LogP) is 2.81. The maximum atomic E-state index is 12.3. The first-order valence-corrected chi connectivity index (χ1v) is 9.57. The summed E-state index contributed by atoms with van der Waals surface area (Å²) in [5, 5.41) is -0.0862. The smallest absolute Gasteiger partial charge is 0.239 e. The normalized spacial score (nSPS) is 13.7.